The number of anilines is 2. The molecule has 0 saturated carbocycles. The van der Waals surface area contributed by atoms with Crippen LogP contribution in [0.2, 0.25) is 0 Å². The van der Waals surface area contributed by atoms with Gasteiger partial charge in [0.2, 0.25) is 10.0 Å². The average Bonchev–Trinajstić information content (AvgIpc) is 3.35. The van der Waals surface area contributed by atoms with E-state index in [1.54, 1.807) is 30.2 Å². The Hall–Kier alpha value is -2.75. The Morgan fingerprint density at radius 3 is 2.68 bits per heavy atom. The molecule has 1 saturated heterocycles. The van der Waals surface area contributed by atoms with Gasteiger partial charge in [0.05, 0.1) is 34.8 Å². The Balaban J connectivity index is 1.51. The number of para-hydroxylation sites is 1. The van der Waals surface area contributed by atoms with Crippen LogP contribution in [0.15, 0.2) is 54.6 Å². The van der Waals surface area contributed by atoms with Crippen molar-refractivity contribution in [1.29, 1.82) is 0 Å². The van der Waals surface area contributed by atoms with Gasteiger partial charge in [0.1, 0.15) is 0 Å². The van der Waals surface area contributed by atoms with Crippen molar-refractivity contribution in [1.82, 2.24) is 4.98 Å². The molecule has 7 nitrogen and oxygen atoms in total. The van der Waals surface area contributed by atoms with E-state index in [-0.39, 0.29) is 11.7 Å². The van der Waals surface area contributed by atoms with Crippen LogP contribution in [0.25, 0.3) is 16.3 Å². The highest BCUT2D eigenvalue weighted by Gasteiger charge is 2.28. The van der Waals surface area contributed by atoms with Gasteiger partial charge in [-0.15, -0.1) is 0 Å². The van der Waals surface area contributed by atoms with Gasteiger partial charge in [0.15, 0.2) is 5.13 Å². The first-order valence-corrected chi connectivity index (χ1v) is 12.3. The summed E-state index contributed by atoms with van der Waals surface area (Å²) in [6.45, 7) is 1.30. The zero-order chi connectivity index (χ0) is 21.8. The van der Waals surface area contributed by atoms with E-state index in [2.05, 4.69) is 4.98 Å². The van der Waals surface area contributed by atoms with Gasteiger partial charge in [-0.1, -0.05) is 35.6 Å². The molecule has 1 aliphatic rings. The lowest BCUT2D eigenvalue weighted by Gasteiger charge is -2.17. The second-order valence-corrected chi connectivity index (χ2v) is 10.1. The topological polar surface area (TPSA) is 79.8 Å². The maximum absolute atomic E-state index is 12.9. The van der Waals surface area contributed by atoms with Crippen molar-refractivity contribution < 1.29 is 17.9 Å². The summed E-state index contributed by atoms with van der Waals surface area (Å²) in [5, 5.41) is 0.627. The number of rotatable bonds is 7. The third-order valence-corrected chi connectivity index (χ3v) is 7.93. The standard InChI is InChI=1S/C22H23N3O4S2/c1-29-15-14-24(22-23-19-5-2-3-6-20(19)30-22)21(26)12-9-17-7-10-18(11-8-17)25-13-4-16-31(25,27)28/h2-3,5-12H,4,13-16H2,1H3/b12-9+. The minimum Gasteiger partial charge on any atom is -0.383 e. The first-order valence-electron chi connectivity index (χ1n) is 9.92. The molecule has 0 unspecified atom stereocenters. The predicted octanol–water partition coefficient (Wildman–Crippen LogP) is 3.53. The highest BCUT2D eigenvalue weighted by atomic mass is 32.2. The van der Waals surface area contributed by atoms with Crippen LogP contribution in [-0.4, -0.2) is 51.9 Å². The third kappa shape index (κ3) is 4.79. The van der Waals surface area contributed by atoms with E-state index in [0.717, 1.165) is 15.8 Å². The lowest BCUT2D eigenvalue weighted by atomic mass is 10.2. The maximum Gasteiger partial charge on any atom is 0.252 e. The number of fused-ring (bicyclic) bond motifs is 1. The number of nitrogens with zero attached hydrogens (tertiary/aromatic N) is 3. The van der Waals surface area contributed by atoms with E-state index in [4.69, 9.17) is 4.74 Å². The summed E-state index contributed by atoms with van der Waals surface area (Å²) in [4.78, 5) is 19.1. The van der Waals surface area contributed by atoms with Gasteiger partial charge in [-0.3, -0.25) is 14.0 Å². The highest BCUT2D eigenvalue weighted by Crippen LogP contribution is 2.29. The number of hydrogen-bond acceptors (Lipinski definition) is 6. The zero-order valence-electron chi connectivity index (χ0n) is 17.1. The number of hydrogen-bond donors (Lipinski definition) is 0. The fourth-order valence-electron chi connectivity index (χ4n) is 3.40. The SMILES string of the molecule is COCCN(C(=O)/C=C/c1ccc(N2CCCS2(=O)=O)cc1)c1nc2ccccc2s1. The summed E-state index contributed by atoms with van der Waals surface area (Å²) in [7, 11) is -1.61. The summed E-state index contributed by atoms with van der Waals surface area (Å²) in [6, 6.07) is 14.9. The number of ether oxygens (including phenoxy) is 1. The maximum atomic E-state index is 12.9. The first kappa shape index (κ1) is 21.5. The van der Waals surface area contributed by atoms with Gasteiger partial charge >= 0.3 is 0 Å². The molecule has 1 fully saturated rings. The molecular weight excluding hydrogens is 434 g/mol. The summed E-state index contributed by atoms with van der Waals surface area (Å²) in [5.74, 6) is -0.00557. The van der Waals surface area contributed by atoms with Crippen LogP contribution < -0.4 is 9.21 Å². The van der Waals surface area contributed by atoms with E-state index >= 15 is 0 Å². The van der Waals surface area contributed by atoms with E-state index in [1.165, 1.54) is 21.7 Å². The van der Waals surface area contributed by atoms with Crippen LogP contribution in [0, 0.1) is 0 Å². The first-order chi connectivity index (χ1) is 15.0. The number of carbonyl (C=O) groups excluding carboxylic acids is 1. The Morgan fingerprint density at radius 1 is 1.23 bits per heavy atom. The number of thiazole rings is 1. The number of amides is 1. The van der Waals surface area contributed by atoms with Gasteiger partial charge in [-0.2, -0.15) is 0 Å². The van der Waals surface area contributed by atoms with Crippen molar-refractivity contribution in [2.24, 2.45) is 0 Å². The molecule has 1 aromatic heterocycles. The van der Waals surface area contributed by atoms with Crippen molar-refractivity contribution in [2.45, 2.75) is 6.42 Å². The molecule has 9 heteroatoms. The molecular formula is C22H23N3O4S2. The normalized spacial score (nSPS) is 15.7. The Bertz CT molecular complexity index is 1170. The van der Waals surface area contributed by atoms with Crippen molar-refractivity contribution in [2.75, 3.05) is 41.8 Å². The summed E-state index contributed by atoms with van der Waals surface area (Å²) >= 11 is 1.46. The van der Waals surface area contributed by atoms with Crippen molar-refractivity contribution in [3.63, 3.8) is 0 Å². The summed E-state index contributed by atoms with van der Waals surface area (Å²) < 4.78 is 31.8. The molecule has 0 N–H and O–H groups in total. The Kier molecular flexibility index (Phi) is 6.35. The number of methoxy groups -OCH3 is 1. The van der Waals surface area contributed by atoms with Gasteiger partial charge in [-0.25, -0.2) is 13.4 Å². The van der Waals surface area contributed by atoms with E-state index in [0.29, 0.717) is 36.9 Å². The zero-order valence-corrected chi connectivity index (χ0v) is 18.7. The molecule has 0 spiro atoms. The van der Waals surface area contributed by atoms with Crippen molar-refractivity contribution in [3.8, 4) is 0 Å². The molecule has 0 bridgehead atoms. The smallest absolute Gasteiger partial charge is 0.252 e. The van der Waals surface area contributed by atoms with Gasteiger partial charge in [0.25, 0.3) is 5.91 Å². The minimum atomic E-state index is -3.20. The largest absolute Gasteiger partial charge is 0.383 e. The fourth-order valence-corrected chi connectivity index (χ4v) is 5.96. The third-order valence-electron chi connectivity index (χ3n) is 5.00. The van der Waals surface area contributed by atoms with Crippen LogP contribution in [0.4, 0.5) is 10.8 Å². The van der Waals surface area contributed by atoms with E-state index < -0.39 is 10.0 Å². The number of sulfonamides is 1. The second kappa shape index (κ2) is 9.17. The Morgan fingerprint density at radius 2 is 2.00 bits per heavy atom. The lowest BCUT2D eigenvalue weighted by molar-refractivity contribution is -0.114. The van der Waals surface area contributed by atoms with Crippen molar-refractivity contribution >= 4 is 54.4 Å². The van der Waals surface area contributed by atoms with Crippen LogP contribution >= 0.6 is 11.3 Å². The van der Waals surface area contributed by atoms with Crippen LogP contribution in [-0.2, 0) is 19.6 Å². The fraction of sp³-hybridized carbons (Fsp3) is 0.273. The number of benzene rings is 2. The van der Waals surface area contributed by atoms with Crippen LogP contribution in [0.1, 0.15) is 12.0 Å². The molecule has 0 atom stereocenters. The van der Waals surface area contributed by atoms with Crippen molar-refractivity contribution in [3.05, 3.63) is 60.2 Å². The molecule has 1 aliphatic heterocycles. The molecule has 1 amide bonds. The number of carbonyl (C=O) groups is 1. The van der Waals surface area contributed by atoms with E-state index in [9.17, 15) is 13.2 Å². The molecule has 0 radical (unpaired) electrons. The monoisotopic (exact) mass is 457 g/mol. The lowest BCUT2D eigenvalue weighted by Crippen LogP contribution is -2.32. The molecule has 4 rings (SSSR count). The molecule has 31 heavy (non-hydrogen) atoms. The predicted molar refractivity (Wildman–Crippen MR) is 125 cm³/mol. The number of aromatic nitrogens is 1. The molecule has 162 valence electrons. The highest BCUT2D eigenvalue weighted by molar-refractivity contribution is 7.93. The van der Waals surface area contributed by atoms with Gasteiger partial charge < -0.3 is 4.74 Å². The Labute approximate surface area is 185 Å². The molecule has 0 aliphatic carbocycles. The quantitative estimate of drug-likeness (QED) is 0.507. The summed E-state index contributed by atoms with van der Waals surface area (Å²) in [6.07, 6.45) is 3.86. The van der Waals surface area contributed by atoms with Crippen LogP contribution in [0.3, 0.4) is 0 Å². The molecule has 2 heterocycles. The van der Waals surface area contributed by atoms with Gasteiger partial charge in [0, 0.05) is 19.7 Å². The van der Waals surface area contributed by atoms with Gasteiger partial charge in [-0.05, 0) is 42.3 Å². The van der Waals surface area contributed by atoms with E-state index in [1.807, 2.05) is 36.4 Å². The second-order valence-electron chi connectivity index (χ2n) is 7.11. The van der Waals surface area contributed by atoms with Crippen LogP contribution in [0.5, 0.6) is 0 Å². The molecule has 2 aromatic carbocycles. The molecule has 3 aromatic rings. The summed E-state index contributed by atoms with van der Waals surface area (Å²) in [5.41, 5.74) is 2.32. The minimum absolute atomic E-state index is 0.187. The average molecular weight is 458 g/mol.